The molecule has 0 bridgehead atoms. The number of ether oxygens (including phenoxy) is 1. The number of rotatable bonds is 4. The molecule has 1 saturated heterocycles. The number of fused-ring (bicyclic) bond motifs is 1. The number of carbonyl (C=O) groups excluding carboxylic acids is 2. The third-order valence-corrected chi connectivity index (χ3v) is 7.64. The van der Waals surface area contributed by atoms with Crippen LogP contribution in [0.2, 0.25) is 0 Å². The molecule has 0 unspecified atom stereocenters. The second-order valence-electron chi connectivity index (χ2n) is 8.90. The van der Waals surface area contributed by atoms with Gasteiger partial charge in [0.05, 0.1) is 11.6 Å². The Balaban J connectivity index is 1.87. The summed E-state index contributed by atoms with van der Waals surface area (Å²) >= 11 is 0. The van der Waals surface area contributed by atoms with Crippen molar-refractivity contribution in [1.82, 2.24) is 5.32 Å². The molecule has 29 heavy (non-hydrogen) atoms. The number of halogens is 3. The molecule has 162 valence electrons. The van der Waals surface area contributed by atoms with Crippen molar-refractivity contribution in [1.29, 1.82) is 0 Å². The molecular weight excluding hydrogens is 387 g/mol. The van der Waals surface area contributed by atoms with Gasteiger partial charge >= 0.3 is 12.1 Å². The lowest BCUT2D eigenvalue weighted by molar-refractivity contribution is -0.306. The summed E-state index contributed by atoms with van der Waals surface area (Å²) in [4.78, 5) is 22.8. The van der Waals surface area contributed by atoms with E-state index in [1.54, 1.807) is 6.08 Å². The number of nitrogens with one attached hydrogen (secondary N) is 1. The van der Waals surface area contributed by atoms with E-state index in [0.717, 1.165) is 5.57 Å². The molecule has 0 radical (unpaired) electrons. The number of amides is 1. The Morgan fingerprint density at radius 1 is 1.38 bits per heavy atom. The Morgan fingerprint density at radius 2 is 2.07 bits per heavy atom. The normalized spacial score (nSPS) is 41.8. The minimum atomic E-state index is -4.67. The molecule has 3 rings (SSSR count). The van der Waals surface area contributed by atoms with Crippen LogP contribution in [0.4, 0.5) is 13.2 Å². The topological polar surface area (TPSA) is 75.6 Å². The van der Waals surface area contributed by atoms with Gasteiger partial charge in [-0.1, -0.05) is 32.1 Å². The van der Waals surface area contributed by atoms with Gasteiger partial charge in [0.2, 0.25) is 6.41 Å². The maximum atomic E-state index is 13.6. The summed E-state index contributed by atoms with van der Waals surface area (Å²) in [6, 6.07) is -0.513. The summed E-state index contributed by atoms with van der Waals surface area (Å²) in [5.74, 6) is -1.84. The van der Waals surface area contributed by atoms with Gasteiger partial charge in [0.25, 0.3) is 0 Å². The smallest absolute Gasteiger partial charge is 0.417 e. The molecule has 0 aromatic heterocycles. The first-order chi connectivity index (χ1) is 13.5. The summed E-state index contributed by atoms with van der Waals surface area (Å²) in [5.41, 5.74) is -1.81. The zero-order valence-electron chi connectivity index (χ0n) is 16.7. The van der Waals surface area contributed by atoms with Crippen LogP contribution in [0.5, 0.6) is 0 Å². The highest BCUT2D eigenvalue weighted by atomic mass is 19.4. The Hall–Kier alpha value is -1.83. The predicted molar refractivity (Wildman–Crippen MR) is 99.5 cm³/mol. The highest BCUT2D eigenvalue weighted by Crippen LogP contribution is 2.62. The number of allylic oxidation sites excluding steroid dienone is 2. The van der Waals surface area contributed by atoms with Crippen molar-refractivity contribution in [2.45, 2.75) is 63.8 Å². The number of aliphatic hydroxyl groups is 1. The number of alkyl halides is 3. The molecule has 0 aromatic rings. The molecule has 1 heterocycles. The van der Waals surface area contributed by atoms with Gasteiger partial charge in [0.1, 0.15) is 6.61 Å². The molecule has 2 N–H and O–H groups in total. The Morgan fingerprint density at radius 3 is 2.69 bits per heavy atom. The van der Waals surface area contributed by atoms with E-state index in [1.165, 1.54) is 6.92 Å². The van der Waals surface area contributed by atoms with E-state index in [9.17, 15) is 27.9 Å². The lowest BCUT2D eigenvalue weighted by Crippen LogP contribution is -2.61. The van der Waals surface area contributed by atoms with E-state index < -0.39 is 35.1 Å². The fourth-order valence-electron chi connectivity index (χ4n) is 5.77. The fourth-order valence-corrected chi connectivity index (χ4v) is 5.77. The van der Waals surface area contributed by atoms with E-state index in [1.807, 2.05) is 6.92 Å². The molecule has 2 saturated carbocycles. The van der Waals surface area contributed by atoms with Crippen molar-refractivity contribution in [3.8, 4) is 0 Å². The highest BCUT2D eigenvalue weighted by Gasteiger charge is 2.65. The highest BCUT2D eigenvalue weighted by molar-refractivity contribution is 5.92. The lowest BCUT2D eigenvalue weighted by atomic mass is 9.48. The van der Waals surface area contributed by atoms with Crippen LogP contribution >= 0.6 is 0 Å². The average Bonchev–Trinajstić information content (AvgIpc) is 2.97. The largest absolute Gasteiger partial charge is 0.460 e. The maximum Gasteiger partial charge on any atom is 0.417 e. The van der Waals surface area contributed by atoms with Gasteiger partial charge in [0.15, 0.2) is 5.60 Å². The predicted octanol–water partition coefficient (Wildman–Crippen LogP) is 3.29. The van der Waals surface area contributed by atoms with Crippen molar-refractivity contribution in [3.63, 3.8) is 0 Å². The second kappa shape index (κ2) is 7.45. The van der Waals surface area contributed by atoms with Gasteiger partial charge in [-0.25, -0.2) is 4.79 Å². The third kappa shape index (κ3) is 3.49. The van der Waals surface area contributed by atoms with E-state index in [4.69, 9.17) is 4.74 Å². The molecule has 5 nitrogen and oxygen atoms in total. The monoisotopic (exact) mass is 415 g/mol. The number of cyclic esters (lactones) is 1. The number of esters is 1. The molecular formula is C21H28F3NO4. The zero-order valence-corrected chi connectivity index (χ0v) is 16.7. The zero-order chi connectivity index (χ0) is 21.6. The Labute approximate surface area is 168 Å². The molecule has 6 atom stereocenters. The number of carbonyl (C=O) groups is 2. The van der Waals surface area contributed by atoms with Crippen LogP contribution < -0.4 is 5.32 Å². The lowest BCUT2D eigenvalue weighted by Gasteiger charge is -2.58. The van der Waals surface area contributed by atoms with Crippen LogP contribution in [-0.2, 0) is 14.3 Å². The van der Waals surface area contributed by atoms with Gasteiger partial charge < -0.3 is 15.2 Å². The van der Waals surface area contributed by atoms with E-state index in [-0.39, 0.29) is 31.3 Å². The van der Waals surface area contributed by atoms with Crippen LogP contribution in [0.1, 0.15) is 46.0 Å². The van der Waals surface area contributed by atoms with Crippen molar-refractivity contribution in [3.05, 3.63) is 23.8 Å². The van der Waals surface area contributed by atoms with Gasteiger partial charge in [-0.15, -0.1) is 0 Å². The van der Waals surface area contributed by atoms with Crippen LogP contribution in [0.15, 0.2) is 23.8 Å². The minimum Gasteiger partial charge on any atom is -0.460 e. The van der Waals surface area contributed by atoms with E-state index in [2.05, 4.69) is 11.9 Å². The second-order valence-corrected chi connectivity index (χ2v) is 8.90. The van der Waals surface area contributed by atoms with Gasteiger partial charge in [-0.2, -0.15) is 13.2 Å². The Bertz CT molecular complexity index is 734. The van der Waals surface area contributed by atoms with Crippen LogP contribution in [0.3, 0.4) is 0 Å². The van der Waals surface area contributed by atoms with E-state index in [0.29, 0.717) is 31.2 Å². The molecule has 0 aromatic carbocycles. The van der Waals surface area contributed by atoms with Gasteiger partial charge in [-0.05, 0) is 55.3 Å². The van der Waals surface area contributed by atoms with E-state index >= 15 is 0 Å². The maximum absolute atomic E-state index is 13.6. The first kappa shape index (κ1) is 21.9. The fraction of sp³-hybridized carbons (Fsp3) is 0.714. The third-order valence-electron chi connectivity index (χ3n) is 7.64. The first-order valence-corrected chi connectivity index (χ1v) is 9.99. The van der Waals surface area contributed by atoms with Crippen molar-refractivity contribution < 1.29 is 32.6 Å². The standard InChI is InChI=1S/C21H28F3NO4/c1-12-4-6-16-13(2)20(28,21(22,23)24)9-8-19(16,3)15(12)7-5-14-17(25-11-26)10-29-18(14)27/h5,11,13,15-17,28H,1,4,6-10H2,2-3H3,(H,25,26)/b14-5+/t13-,15-,16-,17+,19+,20+/m1/s1. The molecule has 8 heteroatoms. The van der Waals surface area contributed by atoms with Crippen LogP contribution in [-0.4, -0.2) is 41.9 Å². The summed E-state index contributed by atoms with van der Waals surface area (Å²) in [6.07, 6.45) is -0.960. The summed E-state index contributed by atoms with van der Waals surface area (Å²) in [5, 5.41) is 13.0. The van der Waals surface area contributed by atoms with Gasteiger partial charge in [0, 0.05) is 0 Å². The minimum absolute atomic E-state index is 0.0740. The van der Waals surface area contributed by atoms with Crippen LogP contribution in [0, 0.1) is 23.2 Å². The average molecular weight is 415 g/mol. The van der Waals surface area contributed by atoms with Gasteiger partial charge in [-0.3, -0.25) is 4.79 Å². The van der Waals surface area contributed by atoms with Crippen molar-refractivity contribution >= 4 is 12.4 Å². The summed E-state index contributed by atoms with van der Waals surface area (Å²) in [6.45, 7) is 7.71. The van der Waals surface area contributed by atoms with Crippen molar-refractivity contribution in [2.75, 3.05) is 6.61 Å². The summed E-state index contributed by atoms with van der Waals surface area (Å²) in [7, 11) is 0. The molecule has 0 spiro atoms. The number of hydrogen-bond donors (Lipinski definition) is 2. The number of hydrogen-bond acceptors (Lipinski definition) is 4. The first-order valence-electron chi connectivity index (χ1n) is 9.99. The molecule has 1 aliphatic heterocycles. The molecule has 3 aliphatic rings. The van der Waals surface area contributed by atoms with Crippen LogP contribution in [0.25, 0.3) is 0 Å². The Kier molecular flexibility index (Phi) is 5.62. The quantitative estimate of drug-likeness (QED) is 0.320. The SMILES string of the molecule is C=C1CC[C@@H]2[C@@H](C)[C@](O)(C(F)(F)F)CC[C@@]2(C)[C@@H]1C/C=C1/C(=O)OC[C@@H]1NC=O. The molecule has 1 amide bonds. The summed E-state index contributed by atoms with van der Waals surface area (Å²) < 4.78 is 45.7. The molecule has 2 aliphatic carbocycles. The van der Waals surface area contributed by atoms with Crippen molar-refractivity contribution in [2.24, 2.45) is 23.2 Å². The molecule has 3 fully saturated rings.